The predicted molar refractivity (Wildman–Crippen MR) is 65.0 cm³/mol. The molecule has 1 heterocycles. The highest BCUT2D eigenvalue weighted by Crippen LogP contribution is 2.17. The molecule has 0 aliphatic heterocycles. The number of hydrogen-bond acceptors (Lipinski definition) is 3. The first-order chi connectivity index (χ1) is 7.72. The van der Waals surface area contributed by atoms with Crippen molar-refractivity contribution in [2.24, 2.45) is 5.73 Å². The van der Waals surface area contributed by atoms with Crippen LogP contribution in [0.15, 0.2) is 18.3 Å². The molecule has 0 aromatic carbocycles. The van der Waals surface area contributed by atoms with Crippen molar-refractivity contribution in [2.75, 3.05) is 18.0 Å². The number of pyridine rings is 1. The van der Waals surface area contributed by atoms with Crippen LogP contribution >= 0.6 is 0 Å². The molecule has 1 rings (SSSR count). The van der Waals surface area contributed by atoms with E-state index in [-0.39, 0.29) is 5.82 Å². The molecule has 4 heteroatoms. The molecule has 2 N–H and O–H groups in total. The van der Waals surface area contributed by atoms with Gasteiger partial charge in [0.2, 0.25) is 0 Å². The first-order valence-electron chi connectivity index (χ1n) is 5.81. The largest absolute Gasteiger partial charge is 0.352 e. The van der Waals surface area contributed by atoms with Crippen molar-refractivity contribution in [1.29, 1.82) is 0 Å². The Morgan fingerprint density at radius 2 is 2.06 bits per heavy atom. The third-order valence-corrected chi connectivity index (χ3v) is 2.76. The lowest BCUT2D eigenvalue weighted by Crippen LogP contribution is -2.38. The van der Waals surface area contributed by atoms with Crippen LogP contribution in [0.25, 0.3) is 0 Å². The molecule has 0 amide bonds. The molecule has 0 unspecified atom stereocenters. The van der Waals surface area contributed by atoms with Gasteiger partial charge in [-0.25, -0.2) is 9.37 Å². The Labute approximate surface area is 96.5 Å². The van der Waals surface area contributed by atoms with Crippen molar-refractivity contribution in [3.63, 3.8) is 0 Å². The third kappa shape index (κ3) is 3.17. The van der Waals surface area contributed by atoms with Crippen LogP contribution in [0, 0.1) is 5.82 Å². The Kier molecular flexibility index (Phi) is 5.19. The van der Waals surface area contributed by atoms with Gasteiger partial charge in [0.15, 0.2) is 0 Å². The molecule has 0 spiro atoms. The predicted octanol–water partition coefficient (Wildman–Crippen LogP) is 2.17. The van der Waals surface area contributed by atoms with E-state index in [1.165, 1.54) is 12.3 Å². The molecule has 16 heavy (non-hydrogen) atoms. The molecule has 0 aliphatic carbocycles. The van der Waals surface area contributed by atoms with Crippen molar-refractivity contribution in [3.05, 3.63) is 24.1 Å². The van der Waals surface area contributed by atoms with Gasteiger partial charge in [0.1, 0.15) is 11.6 Å². The molecule has 0 radical (unpaired) electrons. The highest BCUT2D eigenvalue weighted by atomic mass is 19.1. The molecule has 0 fully saturated rings. The van der Waals surface area contributed by atoms with Gasteiger partial charge in [-0.3, -0.25) is 0 Å². The second-order valence-electron chi connectivity index (χ2n) is 3.79. The normalized spacial score (nSPS) is 10.8. The van der Waals surface area contributed by atoms with E-state index in [2.05, 4.69) is 23.7 Å². The summed E-state index contributed by atoms with van der Waals surface area (Å²) in [4.78, 5) is 6.26. The number of aromatic nitrogens is 1. The Balaban J connectivity index is 2.87. The van der Waals surface area contributed by atoms with Crippen LogP contribution in [0.4, 0.5) is 10.2 Å². The SMILES string of the molecule is CCC(CC)N(CCN)c1ccc(F)cn1. The number of rotatable bonds is 6. The third-order valence-electron chi connectivity index (χ3n) is 2.76. The van der Waals surface area contributed by atoms with Gasteiger partial charge in [-0.05, 0) is 25.0 Å². The van der Waals surface area contributed by atoms with Crippen molar-refractivity contribution in [2.45, 2.75) is 32.7 Å². The van der Waals surface area contributed by atoms with Crippen LogP contribution in [0.5, 0.6) is 0 Å². The van der Waals surface area contributed by atoms with Gasteiger partial charge < -0.3 is 10.6 Å². The molecule has 0 saturated carbocycles. The summed E-state index contributed by atoms with van der Waals surface area (Å²) in [5, 5.41) is 0. The molecular formula is C12H20FN3. The van der Waals surface area contributed by atoms with Crippen molar-refractivity contribution < 1.29 is 4.39 Å². The molecule has 0 aliphatic rings. The van der Waals surface area contributed by atoms with Gasteiger partial charge in [-0.1, -0.05) is 13.8 Å². The van der Waals surface area contributed by atoms with E-state index >= 15 is 0 Å². The molecule has 0 saturated heterocycles. The summed E-state index contributed by atoms with van der Waals surface area (Å²) in [5.41, 5.74) is 5.60. The lowest BCUT2D eigenvalue weighted by Gasteiger charge is -2.31. The molecule has 1 aromatic heterocycles. The van der Waals surface area contributed by atoms with Crippen LogP contribution in [-0.2, 0) is 0 Å². The monoisotopic (exact) mass is 225 g/mol. The van der Waals surface area contributed by atoms with Crippen LogP contribution < -0.4 is 10.6 Å². The molecule has 90 valence electrons. The second-order valence-corrected chi connectivity index (χ2v) is 3.79. The first kappa shape index (κ1) is 12.9. The van der Waals surface area contributed by atoms with Crippen molar-refractivity contribution >= 4 is 5.82 Å². The summed E-state index contributed by atoms with van der Waals surface area (Å²) in [6.07, 6.45) is 3.33. The number of nitrogens with zero attached hydrogens (tertiary/aromatic N) is 2. The van der Waals surface area contributed by atoms with E-state index in [1.807, 2.05) is 0 Å². The summed E-state index contributed by atoms with van der Waals surface area (Å²) in [5.74, 6) is 0.501. The minimum atomic E-state index is -0.305. The fraction of sp³-hybridized carbons (Fsp3) is 0.583. The Hall–Kier alpha value is -1.16. The zero-order valence-corrected chi connectivity index (χ0v) is 9.99. The van der Waals surface area contributed by atoms with Crippen LogP contribution in [0.1, 0.15) is 26.7 Å². The van der Waals surface area contributed by atoms with Crippen molar-refractivity contribution in [3.8, 4) is 0 Å². The number of halogens is 1. The van der Waals surface area contributed by atoms with E-state index in [1.54, 1.807) is 6.07 Å². The highest BCUT2D eigenvalue weighted by molar-refractivity contribution is 5.39. The van der Waals surface area contributed by atoms with E-state index in [0.29, 0.717) is 12.6 Å². The zero-order chi connectivity index (χ0) is 12.0. The summed E-state index contributed by atoms with van der Waals surface area (Å²) < 4.78 is 12.8. The van der Waals surface area contributed by atoms with Gasteiger partial charge in [0.25, 0.3) is 0 Å². The van der Waals surface area contributed by atoms with E-state index in [0.717, 1.165) is 25.2 Å². The molecule has 0 atom stereocenters. The lowest BCUT2D eigenvalue weighted by atomic mass is 10.1. The quantitative estimate of drug-likeness (QED) is 0.806. The van der Waals surface area contributed by atoms with Crippen molar-refractivity contribution in [1.82, 2.24) is 4.98 Å². The summed E-state index contributed by atoms with van der Waals surface area (Å²) in [6.45, 7) is 5.61. The van der Waals surface area contributed by atoms with E-state index < -0.39 is 0 Å². The number of hydrogen-bond donors (Lipinski definition) is 1. The molecule has 0 bridgehead atoms. The van der Waals surface area contributed by atoms with Gasteiger partial charge in [0.05, 0.1) is 6.20 Å². The molecule has 1 aromatic rings. The minimum Gasteiger partial charge on any atom is -0.352 e. The Morgan fingerprint density at radius 1 is 1.38 bits per heavy atom. The maximum atomic E-state index is 12.8. The Morgan fingerprint density at radius 3 is 2.50 bits per heavy atom. The van der Waals surface area contributed by atoms with E-state index in [4.69, 9.17) is 5.73 Å². The average Bonchev–Trinajstić information content (AvgIpc) is 2.31. The summed E-state index contributed by atoms with van der Waals surface area (Å²) in [6, 6.07) is 3.57. The minimum absolute atomic E-state index is 0.305. The number of anilines is 1. The summed E-state index contributed by atoms with van der Waals surface area (Å²) >= 11 is 0. The fourth-order valence-electron chi connectivity index (χ4n) is 1.89. The maximum absolute atomic E-state index is 12.8. The smallest absolute Gasteiger partial charge is 0.141 e. The average molecular weight is 225 g/mol. The fourth-order valence-corrected chi connectivity index (χ4v) is 1.89. The topological polar surface area (TPSA) is 42.1 Å². The second kappa shape index (κ2) is 6.43. The molecule has 3 nitrogen and oxygen atoms in total. The van der Waals surface area contributed by atoms with Gasteiger partial charge in [-0.2, -0.15) is 0 Å². The first-order valence-corrected chi connectivity index (χ1v) is 5.81. The zero-order valence-electron chi connectivity index (χ0n) is 9.99. The summed E-state index contributed by atoms with van der Waals surface area (Å²) in [7, 11) is 0. The van der Waals surface area contributed by atoms with Gasteiger partial charge in [0, 0.05) is 19.1 Å². The maximum Gasteiger partial charge on any atom is 0.141 e. The standard InChI is InChI=1S/C12H20FN3/c1-3-11(4-2)16(8-7-14)12-6-5-10(13)9-15-12/h5-6,9,11H,3-4,7-8,14H2,1-2H3. The Bertz CT molecular complexity index is 296. The number of nitrogens with two attached hydrogens (primary N) is 1. The van der Waals surface area contributed by atoms with Crippen LogP contribution in [0.2, 0.25) is 0 Å². The molecular weight excluding hydrogens is 205 g/mol. The van der Waals surface area contributed by atoms with Crippen LogP contribution in [-0.4, -0.2) is 24.1 Å². The van der Waals surface area contributed by atoms with Gasteiger partial charge in [-0.15, -0.1) is 0 Å². The lowest BCUT2D eigenvalue weighted by molar-refractivity contribution is 0.551. The highest BCUT2D eigenvalue weighted by Gasteiger charge is 2.15. The van der Waals surface area contributed by atoms with Crippen LogP contribution in [0.3, 0.4) is 0 Å². The van der Waals surface area contributed by atoms with Gasteiger partial charge >= 0.3 is 0 Å². The van der Waals surface area contributed by atoms with E-state index in [9.17, 15) is 4.39 Å².